The van der Waals surface area contributed by atoms with E-state index in [0.717, 1.165) is 43.8 Å². The Morgan fingerprint density at radius 2 is 1.78 bits per heavy atom. The van der Waals surface area contributed by atoms with Crippen LogP contribution in [0, 0.1) is 13.8 Å². The predicted octanol–water partition coefficient (Wildman–Crippen LogP) is 3.12. The first-order chi connectivity index (χ1) is 13.0. The Kier molecular flexibility index (Phi) is 4.94. The van der Waals surface area contributed by atoms with Crippen LogP contribution in [0.5, 0.6) is 5.75 Å². The lowest BCUT2D eigenvalue weighted by molar-refractivity contribution is -0.914. The zero-order valence-corrected chi connectivity index (χ0v) is 16.6. The molecule has 0 unspecified atom stereocenters. The molecule has 4 nitrogen and oxygen atoms in total. The van der Waals surface area contributed by atoms with E-state index in [1.54, 1.807) is 12.1 Å². The summed E-state index contributed by atoms with van der Waals surface area (Å²) in [4.78, 5) is 8.59. The van der Waals surface area contributed by atoms with Crippen LogP contribution in [0.1, 0.15) is 16.7 Å². The van der Waals surface area contributed by atoms with Crippen molar-refractivity contribution in [1.29, 1.82) is 0 Å². The van der Waals surface area contributed by atoms with Crippen molar-refractivity contribution < 1.29 is 10.0 Å². The highest BCUT2D eigenvalue weighted by molar-refractivity contribution is 6.30. The number of aryl methyl sites for hydroxylation is 2. The lowest BCUT2D eigenvalue weighted by Crippen LogP contribution is -3.13. The molecule has 0 atom stereocenters. The van der Waals surface area contributed by atoms with E-state index in [1.807, 2.05) is 12.1 Å². The number of nitrogens with one attached hydrogen (secondary N) is 1. The number of halogens is 1. The van der Waals surface area contributed by atoms with Crippen LogP contribution < -0.4 is 9.80 Å². The largest absolute Gasteiger partial charge is 0.508 e. The highest BCUT2D eigenvalue weighted by Crippen LogP contribution is 2.24. The highest BCUT2D eigenvalue weighted by atomic mass is 35.5. The third-order valence-electron chi connectivity index (χ3n) is 5.66. The fourth-order valence-corrected chi connectivity index (χ4v) is 4.02. The number of phenolic OH excluding ortho intramolecular Hbond substituents is 1. The van der Waals surface area contributed by atoms with Crippen LogP contribution in [0.15, 0.2) is 42.5 Å². The summed E-state index contributed by atoms with van der Waals surface area (Å²) >= 11 is 6.53. The Morgan fingerprint density at radius 3 is 2.48 bits per heavy atom. The summed E-state index contributed by atoms with van der Waals surface area (Å²) < 4.78 is 0. The SMILES string of the molecule is Cc1ccc2cc(C[NH+]3CCN(c4ccc(O)cc4)CC3)c(Cl)nc2c1C. The van der Waals surface area contributed by atoms with E-state index in [1.165, 1.54) is 27.1 Å². The van der Waals surface area contributed by atoms with Gasteiger partial charge in [-0.05, 0) is 55.3 Å². The van der Waals surface area contributed by atoms with Gasteiger partial charge >= 0.3 is 0 Å². The first-order valence-corrected chi connectivity index (χ1v) is 9.82. The molecule has 2 aromatic carbocycles. The van der Waals surface area contributed by atoms with Gasteiger partial charge in [-0.15, -0.1) is 0 Å². The molecule has 0 radical (unpaired) electrons. The molecule has 1 saturated heterocycles. The second-order valence-corrected chi connectivity index (χ2v) is 7.81. The molecule has 3 aromatic rings. The average Bonchev–Trinajstić information content (AvgIpc) is 2.67. The summed E-state index contributed by atoms with van der Waals surface area (Å²) in [5.41, 5.74) is 5.75. The Balaban J connectivity index is 1.46. The summed E-state index contributed by atoms with van der Waals surface area (Å²) in [6.45, 7) is 9.22. The van der Waals surface area contributed by atoms with Crippen LogP contribution in [0.3, 0.4) is 0 Å². The molecule has 5 heteroatoms. The smallest absolute Gasteiger partial charge is 0.138 e. The zero-order chi connectivity index (χ0) is 19.0. The second kappa shape index (κ2) is 7.37. The minimum Gasteiger partial charge on any atom is -0.508 e. The van der Waals surface area contributed by atoms with E-state index in [-0.39, 0.29) is 0 Å². The van der Waals surface area contributed by atoms with Gasteiger partial charge in [0.2, 0.25) is 0 Å². The number of hydrogen-bond donors (Lipinski definition) is 2. The molecule has 1 aliphatic heterocycles. The van der Waals surface area contributed by atoms with Crippen molar-refractivity contribution in [1.82, 2.24) is 4.98 Å². The van der Waals surface area contributed by atoms with Crippen molar-refractivity contribution in [2.75, 3.05) is 31.1 Å². The molecular weight excluding hydrogens is 358 g/mol. The number of fused-ring (bicyclic) bond motifs is 1. The van der Waals surface area contributed by atoms with Gasteiger partial charge in [-0.2, -0.15) is 0 Å². The van der Waals surface area contributed by atoms with Crippen molar-refractivity contribution in [3.63, 3.8) is 0 Å². The molecule has 4 rings (SSSR count). The summed E-state index contributed by atoms with van der Waals surface area (Å²) in [5.74, 6) is 0.312. The maximum Gasteiger partial charge on any atom is 0.138 e. The van der Waals surface area contributed by atoms with Crippen LogP contribution in [0.25, 0.3) is 10.9 Å². The first kappa shape index (κ1) is 18.1. The second-order valence-electron chi connectivity index (χ2n) is 7.45. The van der Waals surface area contributed by atoms with E-state index in [4.69, 9.17) is 16.6 Å². The Bertz CT molecular complexity index is 963. The van der Waals surface area contributed by atoms with Gasteiger partial charge in [0.15, 0.2) is 0 Å². The molecule has 0 amide bonds. The van der Waals surface area contributed by atoms with Crippen molar-refractivity contribution in [3.05, 3.63) is 64.3 Å². The van der Waals surface area contributed by atoms with Gasteiger partial charge < -0.3 is 14.9 Å². The number of hydrogen-bond acceptors (Lipinski definition) is 3. The molecule has 140 valence electrons. The Hall–Kier alpha value is -2.30. The van der Waals surface area contributed by atoms with E-state index in [2.05, 4.69) is 36.9 Å². The highest BCUT2D eigenvalue weighted by Gasteiger charge is 2.22. The Morgan fingerprint density at radius 1 is 1.07 bits per heavy atom. The van der Waals surface area contributed by atoms with Crippen LogP contribution in [0.2, 0.25) is 5.15 Å². The van der Waals surface area contributed by atoms with E-state index in [9.17, 15) is 5.11 Å². The van der Waals surface area contributed by atoms with Gasteiger partial charge in [-0.3, -0.25) is 0 Å². The number of aromatic hydroxyl groups is 1. The minimum absolute atomic E-state index is 0.312. The molecule has 2 N–H and O–H groups in total. The zero-order valence-electron chi connectivity index (χ0n) is 15.8. The van der Waals surface area contributed by atoms with Gasteiger partial charge in [0.05, 0.1) is 31.7 Å². The topological polar surface area (TPSA) is 40.8 Å². The molecule has 0 spiro atoms. The van der Waals surface area contributed by atoms with E-state index in [0.29, 0.717) is 10.9 Å². The number of phenols is 1. The first-order valence-electron chi connectivity index (χ1n) is 9.44. The molecule has 1 fully saturated rings. The van der Waals surface area contributed by atoms with Crippen molar-refractivity contribution >= 4 is 28.2 Å². The fourth-order valence-electron chi connectivity index (χ4n) is 3.82. The van der Waals surface area contributed by atoms with Gasteiger partial charge in [0.1, 0.15) is 17.4 Å². The van der Waals surface area contributed by atoms with Gasteiger partial charge in [0.25, 0.3) is 0 Å². The predicted molar refractivity (Wildman–Crippen MR) is 111 cm³/mol. The number of rotatable bonds is 3. The number of pyridine rings is 1. The molecule has 1 aromatic heterocycles. The number of nitrogens with zero attached hydrogens (tertiary/aromatic N) is 2. The molecule has 1 aliphatic rings. The van der Waals surface area contributed by atoms with E-state index < -0.39 is 0 Å². The quantitative estimate of drug-likeness (QED) is 0.684. The van der Waals surface area contributed by atoms with Gasteiger partial charge in [-0.25, -0.2) is 4.98 Å². The average molecular weight is 383 g/mol. The maximum absolute atomic E-state index is 9.45. The van der Waals surface area contributed by atoms with Crippen molar-refractivity contribution in [2.24, 2.45) is 0 Å². The van der Waals surface area contributed by atoms with Crippen LogP contribution in [0.4, 0.5) is 5.69 Å². The van der Waals surface area contributed by atoms with E-state index >= 15 is 0 Å². The number of benzene rings is 2. The third-order valence-corrected chi connectivity index (χ3v) is 5.99. The van der Waals surface area contributed by atoms with Crippen LogP contribution >= 0.6 is 11.6 Å². The number of quaternary nitrogens is 1. The lowest BCUT2D eigenvalue weighted by atomic mass is 10.0. The number of piperazine rings is 1. The van der Waals surface area contributed by atoms with Crippen molar-refractivity contribution in [3.8, 4) is 5.75 Å². The standard InChI is InChI=1S/C22H24ClN3O/c1-15-3-4-17-13-18(22(23)24-21(17)16(15)2)14-25-9-11-26(12-10-25)19-5-7-20(27)8-6-19/h3-8,13,27H,9-12,14H2,1-2H3/p+1. The van der Waals surface area contributed by atoms with Gasteiger partial charge in [0, 0.05) is 16.6 Å². The number of aromatic nitrogens is 1. The minimum atomic E-state index is 0.312. The molecule has 2 heterocycles. The maximum atomic E-state index is 9.45. The molecular formula is C22H25ClN3O+. The summed E-state index contributed by atoms with van der Waals surface area (Å²) in [5, 5.41) is 11.2. The van der Waals surface area contributed by atoms with Crippen LogP contribution in [-0.2, 0) is 6.54 Å². The summed E-state index contributed by atoms with van der Waals surface area (Å²) in [6, 6.07) is 14.0. The third kappa shape index (κ3) is 3.73. The Labute approximate surface area is 165 Å². The summed E-state index contributed by atoms with van der Waals surface area (Å²) in [6.07, 6.45) is 0. The number of anilines is 1. The molecule has 0 bridgehead atoms. The van der Waals surface area contributed by atoms with Crippen molar-refractivity contribution in [2.45, 2.75) is 20.4 Å². The monoisotopic (exact) mass is 382 g/mol. The normalized spacial score (nSPS) is 15.4. The van der Waals surface area contributed by atoms with Crippen LogP contribution in [-0.4, -0.2) is 36.3 Å². The molecule has 0 saturated carbocycles. The molecule has 27 heavy (non-hydrogen) atoms. The van der Waals surface area contributed by atoms with Gasteiger partial charge in [-0.1, -0.05) is 23.7 Å². The molecule has 0 aliphatic carbocycles. The summed E-state index contributed by atoms with van der Waals surface area (Å²) in [7, 11) is 0. The fraction of sp³-hybridized carbons (Fsp3) is 0.318. The lowest BCUT2D eigenvalue weighted by Gasteiger charge is -2.33.